The molecule has 2 N–H and O–H groups in total. The molecule has 0 fully saturated rings. The van der Waals surface area contributed by atoms with Crippen molar-refractivity contribution >= 4 is 23.4 Å². The Morgan fingerprint density at radius 2 is 1.82 bits per heavy atom. The van der Waals surface area contributed by atoms with Crippen LogP contribution in [-0.4, -0.2) is 22.8 Å². The molecule has 34 heavy (non-hydrogen) atoms. The lowest BCUT2D eigenvalue weighted by Gasteiger charge is -2.04. The number of nitrogens with one attached hydrogen (secondary N) is 2. The maximum absolute atomic E-state index is 6.10. The molecule has 3 aromatic rings. The first-order chi connectivity index (χ1) is 16.7. The van der Waals surface area contributed by atoms with Gasteiger partial charge in [-0.25, -0.2) is 4.99 Å². The van der Waals surface area contributed by atoms with Crippen LogP contribution in [0.1, 0.15) is 73.7 Å². The van der Waals surface area contributed by atoms with Crippen molar-refractivity contribution in [3.05, 3.63) is 99.4 Å². The lowest BCUT2D eigenvalue weighted by molar-refractivity contribution is 0.303. The van der Waals surface area contributed by atoms with Crippen molar-refractivity contribution < 1.29 is 4.74 Å². The van der Waals surface area contributed by atoms with Crippen LogP contribution in [0.2, 0.25) is 5.02 Å². The molecule has 0 bridgehead atoms. The lowest BCUT2D eigenvalue weighted by Crippen LogP contribution is -1.93. The van der Waals surface area contributed by atoms with Crippen molar-refractivity contribution in [2.75, 3.05) is 7.11 Å². The van der Waals surface area contributed by atoms with Gasteiger partial charge in [0.15, 0.2) is 0 Å². The molecule has 0 amide bonds. The average Bonchev–Trinajstić information content (AvgIpc) is 3.58. The fraction of sp³-hybridized carbons (Fsp3) is 0.345. The second-order valence-corrected chi connectivity index (χ2v) is 9.31. The molecule has 2 aromatic heterocycles. The highest BCUT2D eigenvalue weighted by molar-refractivity contribution is 6.30. The van der Waals surface area contributed by atoms with E-state index in [0.717, 1.165) is 46.4 Å². The van der Waals surface area contributed by atoms with E-state index in [4.69, 9.17) is 21.3 Å². The van der Waals surface area contributed by atoms with E-state index in [-0.39, 0.29) is 0 Å². The number of allylic oxidation sites excluding steroid dienone is 1. The number of hydrogen-bond donors (Lipinski definition) is 2. The number of nitrogens with zero attached hydrogens (tertiary/aromatic N) is 1. The van der Waals surface area contributed by atoms with Crippen LogP contribution in [0.15, 0.2) is 71.2 Å². The first-order valence-electron chi connectivity index (χ1n) is 12.3. The third-order valence-electron chi connectivity index (χ3n) is 6.23. The number of H-pyrrole nitrogens is 2. The molecular formula is C29H34ClN3O. The SMILES string of the molecule is CCCCCCCCc1cc(Cc2ccc(Cl)cc2)c(/C=C2\N=C(c3ccc[nH]3)C=C2OC)[nH]1. The maximum Gasteiger partial charge on any atom is 0.146 e. The van der Waals surface area contributed by atoms with E-state index in [2.05, 4.69) is 41.2 Å². The van der Waals surface area contributed by atoms with Crippen molar-refractivity contribution in [2.24, 2.45) is 4.99 Å². The van der Waals surface area contributed by atoms with E-state index in [1.54, 1.807) is 7.11 Å². The third kappa shape index (κ3) is 6.32. The van der Waals surface area contributed by atoms with Gasteiger partial charge in [0.2, 0.25) is 0 Å². The molecule has 3 heterocycles. The van der Waals surface area contributed by atoms with Crippen LogP contribution >= 0.6 is 11.6 Å². The second kappa shape index (κ2) is 11.9. The van der Waals surface area contributed by atoms with Crippen molar-refractivity contribution in [3.63, 3.8) is 0 Å². The molecule has 0 aliphatic carbocycles. The van der Waals surface area contributed by atoms with Gasteiger partial charge in [0.1, 0.15) is 11.5 Å². The van der Waals surface area contributed by atoms with Gasteiger partial charge in [-0.15, -0.1) is 0 Å². The summed E-state index contributed by atoms with van der Waals surface area (Å²) in [5.41, 5.74) is 7.55. The van der Waals surface area contributed by atoms with Gasteiger partial charge in [0, 0.05) is 28.7 Å². The van der Waals surface area contributed by atoms with Gasteiger partial charge in [0.05, 0.1) is 18.5 Å². The lowest BCUT2D eigenvalue weighted by atomic mass is 10.0. The van der Waals surface area contributed by atoms with Crippen molar-refractivity contribution in [1.29, 1.82) is 0 Å². The summed E-state index contributed by atoms with van der Waals surface area (Å²) in [6.07, 6.45) is 15.7. The van der Waals surface area contributed by atoms with Crippen LogP contribution in [-0.2, 0) is 17.6 Å². The number of unbranched alkanes of at least 4 members (excludes halogenated alkanes) is 5. The molecule has 0 saturated carbocycles. The summed E-state index contributed by atoms with van der Waals surface area (Å²) in [4.78, 5) is 11.7. The number of rotatable bonds is 12. The summed E-state index contributed by atoms with van der Waals surface area (Å²) in [6, 6.07) is 14.4. The van der Waals surface area contributed by atoms with Crippen LogP contribution in [0.25, 0.3) is 6.08 Å². The number of aliphatic imine (C=N–C) groups is 1. The zero-order valence-electron chi connectivity index (χ0n) is 20.2. The first kappa shape index (κ1) is 24.2. The Bertz CT molecular complexity index is 1150. The largest absolute Gasteiger partial charge is 0.494 e. The highest BCUT2D eigenvalue weighted by Gasteiger charge is 2.18. The number of benzene rings is 1. The third-order valence-corrected chi connectivity index (χ3v) is 6.49. The Kier molecular flexibility index (Phi) is 8.48. The molecule has 5 heteroatoms. The topological polar surface area (TPSA) is 53.2 Å². The van der Waals surface area contributed by atoms with Gasteiger partial charge in [-0.3, -0.25) is 0 Å². The standard InChI is InChI=1S/C29H34ClN3O/c1-3-4-5-6-7-8-10-24-18-22(17-21-12-14-23(30)15-13-21)26(32-24)19-28-29(34-2)20-27(33-28)25-11-9-16-31-25/h9,11-16,18-20,31-32H,3-8,10,17H2,1-2H3/b28-19-. The number of aromatic amines is 2. The predicted octanol–water partition coefficient (Wildman–Crippen LogP) is 7.86. The highest BCUT2D eigenvalue weighted by Crippen LogP contribution is 2.27. The molecule has 1 aliphatic rings. The van der Waals surface area contributed by atoms with E-state index in [1.165, 1.54) is 55.3 Å². The van der Waals surface area contributed by atoms with Gasteiger partial charge in [0.25, 0.3) is 0 Å². The number of halogens is 1. The van der Waals surface area contributed by atoms with Gasteiger partial charge >= 0.3 is 0 Å². The minimum Gasteiger partial charge on any atom is -0.494 e. The predicted molar refractivity (Wildman–Crippen MR) is 143 cm³/mol. The quantitative estimate of drug-likeness (QED) is 0.257. The first-order valence-corrected chi connectivity index (χ1v) is 12.7. The molecule has 0 spiro atoms. The minimum atomic E-state index is 0.760. The molecule has 1 aliphatic heterocycles. The monoisotopic (exact) mass is 475 g/mol. The number of hydrogen-bond acceptors (Lipinski definition) is 2. The maximum atomic E-state index is 6.10. The Morgan fingerprint density at radius 3 is 2.56 bits per heavy atom. The van der Waals surface area contributed by atoms with Crippen LogP contribution in [0, 0.1) is 0 Å². The molecule has 0 unspecified atom stereocenters. The fourth-order valence-electron chi connectivity index (χ4n) is 4.35. The summed E-state index contributed by atoms with van der Waals surface area (Å²) in [5.74, 6) is 0.772. The normalized spacial score (nSPS) is 14.5. The minimum absolute atomic E-state index is 0.760. The number of aryl methyl sites for hydroxylation is 1. The number of ether oxygens (including phenoxy) is 1. The van der Waals surface area contributed by atoms with Crippen LogP contribution in [0.3, 0.4) is 0 Å². The fourth-order valence-corrected chi connectivity index (χ4v) is 4.48. The van der Waals surface area contributed by atoms with Crippen LogP contribution in [0.4, 0.5) is 0 Å². The molecule has 0 radical (unpaired) electrons. The van der Waals surface area contributed by atoms with E-state index in [9.17, 15) is 0 Å². The van der Waals surface area contributed by atoms with E-state index in [0.29, 0.717) is 0 Å². The van der Waals surface area contributed by atoms with E-state index in [1.807, 2.05) is 36.5 Å². The van der Waals surface area contributed by atoms with Gasteiger partial charge in [-0.2, -0.15) is 0 Å². The molecule has 178 valence electrons. The van der Waals surface area contributed by atoms with Gasteiger partial charge in [-0.1, -0.05) is 62.8 Å². The van der Waals surface area contributed by atoms with Gasteiger partial charge < -0.3 is 14.7 Å². The Balaban J connectivity index is 1.57. The van der Waals surface area contributed by atoms with E-state index < -0.39 is 0 Å². The summed E-state index contributed by atoms with van der Waals surface area (Å²) < 4.78 is 5.65. The summed E-state index contributed by atoms with van der Waals surface area (Å²) in [7, 11) is 1.69. The summed E-state index contributed by atoms with van der Waals surface area (Å²) >= 11 is 6.10. The summed E-state index contributed by atoms with van der Waals surface area (Å²) in [5, 5.41) is 0.760. The highest BCUT2D eigenvalue weighted by atomic mass is 35.5. The average molecular weight is 476 g/mol. The van der Waals surface area contributed by atoms with Crippen LogP contribution < -0.4 is 0 Å². The molecule has 1 aromatic carbocycles. The van der Waals surface area contributed by atoms with Crippen molar-refractivity contribution in [3.8, 4) is 0 Å². The zero-order chi connectivity index (χ0) is 23.8. The Hall–Kier alpha value is -2.98. The molecule has 0 atom stereocenters. The van der Waals surface area contributed by atoms with Gasteiger partial charge in [-0.05, 0) is 66.8 Å². The molecule has 4 nitrogen and oxygen atoms in total. The summed E-state index contributed by atoms with van der Waals surface area (Å²) in [6.45, 7) is 2.26. The Labute approximate surface area is 207 Å². The zero-order valence-corrected chi connectivity index (χ0v) is 20.9. The Morgan fingerprint density at radius 1 is 1.03 bits per heavy atom. The number of methoxy groups -OCH3 is 1. The smallest absolute Gasteiger partial charge is 0.146 e. The van der Waals surface area contributed by atoms with Crippen molar-refractivity contribution in [2.45, 2.75) is 58.3 Å². The number of aromatic nitrogens is 2. The van der Waals surface area contributed by atoms with E-state index >= 15 is 0 Å². The van der Waals surface area contributed by atoms with Crippen molar-refractivity contribution in [1.82, 2.24) is 9.97 Å². The molecular weight excluding hydrogens is 442 g/mol. The van der Waals surface area contributed by atoms with Crippen LogP contribution in [0.5, 0.6) is 0 Å². The second-order valence-electron chi connectivity index (χ2n) is 8.88. The molecule has 0 saturated heterocycles. The molecule has 4 rings (SSSR count).